The van der Waals surface area contributed by atoms with Gasteiger partial charge in [-0.15, -0.1) is 0 Å². The number of carbonyl (C=O) groups excluding carboxylic acids is 1. The quantitative estimate of drug-likeness (QED) is 0.565. The summed E-state index contributed by atoms with van der Waals surface area (Å²) >= 11 is 5.30. The Morgan fingerprint density at radius 3 is 2.50 bits per heavy atom. The average molecular weight is 404 g/mol. The fourth-order valence-corrected chi connectivity index (χ4v) is 3.20. The van der Waals surface area contributed by atoms with Crippen LogP contribution in [0.1, 0.15) is 24.1 Å². The van der Waals surface area contributed by atoms with Crippen molar-refractivity contribution in [3.63, 3.8) is 0 Å². The fraction of sp³-hybridized carbons (Fsp3) is 0.200. The largest absolute Gasteiger partial charge is 0.463 e. The molecule has 2 aromatic rings. The van der Waals surface area contributed by atoms with Crippen molar-refractivity contribution in [1.82, 2.24) is 10.6 Å². The highest BCUT2D eigenvalue weighted by molar-refractivity contribution is 7.80. The molecule has 1 aliphatic rings. The second-order valence-electron chi connectivity index (χ2n) is 5.82. The van der Waals surface area contributed by atoms with E-state index in [0.717, 1.165) is 0 Å². The SMILES string of the molecule is CCOC(=O)C1=C(c2ccccc2)NC(=S)N[C@H]1c1ccccc1OC(F)F. The molecule has 0 saturated heterocycles. The maximum absolute atomic E-state index is 12.9. The van der Waals surface area contributed by atoms with Crippen LogP contribution in [0.2, 0.25) is 0 Å². The van der Waals surface area contributed by atoms with Crippen LogP contribution < -0.4 is 15.4 Å². The topological polar surface area (TPSA) is 59.6 Å². The molecule has 0 aliphatic carbocycles. The Balaban J connectivity index is 2.18. The number of carbonyl (C=O) groups is 1. The molecule has 3 rings (SSSR count). The molecule has 1 atom stereocenters. The lowest BCUT2D eigenvalue weighted by Crippen LogP contribution is -2.45. The Kier molecular flexibility index (Phi) is 6.20. The minimum absolute atomic E-state index is 0.0473. The molecule has 0 bridgehead atoms. The molecule has 1 heterocycles. The van der Waals surface area contributed by atoms with Gasteiger partial charge in [0.2, 0.25) is 0 Å². The maximum atomic E-state index is 12.9. The third-order valence-corrected chi connectivity index (χ3v) is 4.30. The first-order valence-corrected chi connectivity index (χ1v) is 9.00. The van der Waals surface area contributed by atoms with Crippen molar-refractivity contribution in [2.75, 3.05) is 6.61 Å². The van der Waals surface area contributed by atoms with Crippen LogP contribution in [0, 0.1) is 0 Å². The predicted octanol–water partition coefficient (Wildman–Crippen LogP) is 3.78. The van der Waals surface area contributed by atoms with Gasteiger partial charge in [0.25, 0.3) is 0 Å². The molecular formula is C20H18F2N2O3S. The lowest BCUT2D eigenvalue weighted by Gasteiger charge is -2.32. The average Bonchev–Trinajstić information content (AvgIpc) is 2.68. The number of para-hydroxylation sites is 1. The number of rotatable bonds is 6. The summed E-state index contributed by atoms with van der Waals surface area (Å²) in [5.41, 5.74) is 1.75. The van der Waals surface area contributed by atoms with E-state index in [0.29, 0.717) is 16.8 Å². The zero-order chi connectivity index (χ0) is 20.1. The number of benzene rings is 2. The standard InChI is InChI=1S/C20H18F2N2O3S/c1-2-26-18(25)15-16(12-8-4-3-5-9-12)23-20(28)24-17(15)13-10-6-7-11-14(13)27-19(21)22/h3-11,17,19H,2H2,1H3,(H2,23,24,28)/t17-/m0/s1. The molecule has 0 unspecified atom stereocenters. The smallest absolute Gasteiger partial charge is 0.387 e. The number of ether oxygens (including phenoxy) is 2. The van der Waals surface area contributed by atoms with Gasteiger partial charge in [-0.2, -0.15) is 8.78 Å². The minimum atomic E-state index is -3.00. The Morgan fingerprint density at radius 2 is 1.82 bits per heavy atom. The maximum Gasteiger partial charge on any atom is 0.387 e. The molecule has 5 nitrogen and oxygen atoms in total. The Morgan fingerprint density at radius 1 is 1.14 bits per heavy atom. The number of hydrogen-bond acceptors (Lipinski definition) is 4. The van der Waals surface area contributed by atoms with Crippen molar-refractivity contribution in [1.29, 1.82) is 0 Å². The van der Waals surface area contributed by atoms with E-state index in [2.05, 4.69) is 15.4 Å². The van der Waals surface area contributed by atoms with Gasteiger partial charge in [-0.05, 0) is 30.8 Å². The van der Waals surface area contributed by atoms with Crippen molar-refractivity contribution >= 4 is 29.0 Å². The molecule has 0 radical (unpaired) electrons. The lowest BCUT2D eigenvalue weighted by molar-refractivity contribution is -0.138. The monoisotopic (exact) mass is 404 g/mol. The minimum Gasteiger partial charge on any atom is -0.463 e. The summed E-state index contributed by atoms with van der Waals surface area (Å²) < 4.78 is 35.6. The Bertz CT molecular complexity index is 903. The summed E-state index contributed by atoms with van der Waals surface area (Å²) in [6.07, 6.45) is 0. The van der Waals surface area contributed by atoms with Crippen LogP contribution in [0.4, 0.5) is 8.78 Å². The summed E-state index contributed by atoms with van der Waals surface area (Å²) in [5.74, 6) is -0.630. The van der Waals surface area contributed by atoms with E-state index in [1.807, 2.05) is 30.3 Å². The van der Waals surface area contributed by atoms with Crippen LogP contribution in [0.3, 0.4) is 0 Å². The molecule has 8 heteroatoms. The molecule has 1 aliphatic heterocycles. The number of halogens is 2. The number of nitrogens with one attached hydrogen (secondary N) is 2. The van der Waals surface area contributed by atoms with Crippen LogP contribution in [0.5, 0.6) is 5.75 Å². The first kappa shape index (κ1) is 19.8. The molecule has 0 saturated carbocycles. The van der Waals surface area contributed by atoms with Crippen LogP contribution in [0.25, 0.3) is 5.70 Å². The van der Waals surface area contributed by atoms with E-state index in [4.69, 9.17) is 17.0 Å². The Hall–Kier alpha value is -3.00. The van der Waals surface area contributed by atoms with Crippen LogP contribution in [-0.2, 0) is 9.53 Å². The van der Waals surface area contributed by atoms with Gasteiger partial charge in [0.15, 0.2) is 5.11 Å². The molecule has 2 N–H and O–H groups in total. The summed E-state index contributed by atoms with van der Waals surface area (Å²) in [4.78, 5) is 12.8. The van der Waals surface area contributed by atoms with Crippen molar-refractivity contribution in [3.05, 3.63) is 71.3 Å². The van der Waals surface area contributed by atoms with Gasteiger partial charge in [-0.3, -0.25) is 0 Å². The van der Waals surface area contributed by atoms with Crippen molar-refractivity contribution < 1.29 is 23.0 Å². The van der Waals surface area contributed by atoms with E-state index >= 15 is 0 Å². The number of alkyl halides is 2. The molecule has 0 aromatic heterocycles. The molecule has 0 fully saturated rings. The molecule has 0 spiro atoms. The number of hydrogen-bond donors (Lipinski definition) is 2. The second-order valence-corrected chi connectivity index (χ2v) is 6.23. The first-order chi connectivity index (χ1) is 13.5. The first-order valence-electron chi connectivity index (χ1n) is 8.59. The van der Waals surface area contributed by atoms with E-state index in [-0.39, 0.29) is 23.0 Å². The molecule has 146 valence electrons. The third kappa shape index (κ3) is 4.28. The van der Waals surface area contributed by atoms with E-state index < -0.39 is 18.6 Å². The molecular weight excluding hydrogens is 386 g/mol. The summed E-state index contributed by atoms with van der Waals surface area (Å²) in [6.45, 7) is -1.15. The van der Waals surface area contributed by atoms with Gasteiger partial charge in [-0.1, -0.05) is 48.5 Å². The molecule has 28 heavy (non-hydrogen) atoms. The molecule has 0 amide bonds. The zero-order valence-corrected chi connectivity index (χ0v) is 15.8. The van der Waals surface area contributed by atoms with E-state index in [1.165, 1.54) is 6.07 Å². The van der Waals surface area contributed by atoms with Crippen molar-refractivity contribution in [3.8, 4) is 5.75 Å². The van der Waals surface area contributed by atoms with Gasteiger partial charge < -0.3 is 20.1 Å². The van der Waals surface area contributed by atoms with Gasteiger partial charge in [-0.25, -0.2) is 4.79 Å². The van der Waals surface area contributed by atoms with Gasteiger partial charge in [0, 0.05) is 5.56 Å². The highest BCUT2D eigenvalue weighted by Crippen LogP contribution is 2.36. The van der Waals surface area contributed by atoms with E-state index in [1.54, 1.807) is 25.1 Å². The highest BCUT2D eigenvalue weighted by Gasteiger charge is 2.34. The van der Waals surface area contributed by atoms with Crippen LogP contribution in [0.15, 0.2) is 60.2 Å². The van der Waals surface area contributed by atoms with Gasteiger partial charge >= 0.3 is 12.6 Å². The summed E-state index contributed by atoms with van der Waals surface area (Å²) in [5, 5.41) is 6.22. The van der Waals surface area contributed by atoms with Gasteiger partial charge in [0.05, 0.1) is 23.9 Å². The van der Waals surface area contributed by atoms with E-state index in [9.17, 15) is 13.6 Å². The Labute approximate surface area is 166 Å². The van der Waals surface area contributed by atoms with Crippen LogP contribution >= 0.6 is 12.2 Å². The highest BCUT2D eigenvalue weighted by atomic mass is 32.1. The molecule has 2 aromatic carbocycles. The number of esters is 1. The fourth-order valence-electron chi connectivity index (χ4n) is 2.98. The van der Waals surface area contributed by atoms with Crippen molar-refractivity contribution in [2.45, 2.75) is 19.6 Å². The number of thiocarbonyl (C=S) groups is 1. The van der Waals surface area contributed by atoms with Crippen LogP contribution in [-0.4, -0.2) is 24.3 Å². The third-order valence-electron chi connectivity index (χ3n) is 4.08. The zero-order valence-electron chi connectivity index (χ0n) is 14.9. The predicted molar refractivity (Wildman–Crippen MR) is 105 cm³/mol. The lowest BCUT2D eigenvalue weighted by atomic mass is 9.92. The van der Waals surface area contributed by atoms with Crippen molar-refractivity contribution in [2.24, 2.45) is 0 Å². The normalized spacial score (nSPS) is 16.4. The van der Waals surface area contributed by atoms with Gasteiger partial charge in [0.1, 0.15) is 5.75 Å². The summed E-state index contributed by atoms with van der Waals surface area (Å²) in [7, 11) is 0. The summed E-state index contributed by atoms with van der Waals surface area (Å²) in [6, 6.07) is 14.6. The second kappa shape index (κ2) is 8.79.